The molecule has 0 saturated carbocycles. The molecular formula is C18H13N3O. The molecule has 4 nitrogen and oxygen atoms in total. The van der Waals surface area contributed by atoms with E-state index in [1.54, 1.807) is 12.2 Å². The molecule has 1 aliphatic carbocycles. The largest absolute Gasteiger partial charge is 0.354 e. The van der Waals surface area contributed by atoms with Crippen molar-refractivity contribution < 1.29 is 4.79 Å². The molecule has 0 atom stereocenters. The van der Waals surface area contributed by atoms with Gasteiger partial charge in [-0.3, -0.25) is 4.79 Å². The average molecular weight is 287 g/mol. The molecule has 1 aromatic heterocycles. The van der Waals surface area contributed by atoms with Crippen LogP contribution in [-0.4, -0.2) is 15.8 Å². The second-order valence-corrected chi connectivity index (χ2v) is 5.23. The number of nitrogens with one attached hydrogen (secondary N) is 1. The maximum atomic E-state index is 12.1. The number of carbonyl (C=O) groups excluding carboxylic acids is 1. The number of hydrogen-bond acceptors (Lipinski definition) is 4. The lowest BCUT2D eigenvalue weighted by Gasteiger charge is -2.15. The van der Waals surface area contributed by atoms with Crippen molar-refractivity contribution in [3.8, 4) is 0 Å². The zero-order chi connectivity index (χ0) is 15.1. The van der Waals surface area contributed by atoms with Gasteiger partial charge >= 0.3 is 0 Å². The van der Waals surface area contributed by atoms with Gasteiger partial charge < -0.3 is 5.32 Å². The molecular weight excluding hydrogens is 274 g/mol. The number of ketones is 1. The molecule has 4 rings (SSSR count). The highest BCUT2D eigenvalue weighted by atomic mass is 16.1. The van der Waals surface area contributed by atoms with Crippen LogP contribution in [0.2, 0.25) is 0 Å². The van der Waals surface area contributed by atoms with E-state index in [4.69, 9.17) is 0 Å². The summed E-state index contributed by atoms with van der Waals surface area (Å²) in [5, 5.41) is 4.18. The van der Waals surface area contributed by atoms with Crippen LogP contribution in [0.25, 0.3) is 17.0 Å². The van der Waals surface area contributed by atoms with Crippen molar-refractivity contribution >= 4 is 34.1 Å². The monoisotopic (exact) mass is 287 g/mol. The van der Waals surface area contributed by atoms with Crippen LogP contribution in [0, 0.1) is 6.92 Å². The highest BCUT2D eigenvalue weighted by Gasteiger charge is 2.19. The molecule has 1 heterocycles. The Morgan fingerprint density at radius 3 is 2.59 bits per heavy atom. The van der Waals surface area contributed by atoms with Gasteiger partial charge in [0, 0.05) is 16.6 Å². The van der Waals surface area contributed by atoms with E-state index >= 15 is 0 Å². The zero-order valence-electron chi connectivity index (χ0n) is 12.0. The fraction of sp³-hybridized carbons (Fsp3) is 0.0556. The molecule has 1 aliphatic rings. The second kappa shape index (κ2) is 4.77. The summed E-state index contributed by atoms with van der Waals surface area (Å²) in [5.41, 5.74) is 4.09. The Balaban J connectivity index is 1.96. The van der Waals surface area contributed by atoms with Gasteiger partial charge in [0.25, 0.3) is 0 Å². The van der Waals surface area contributed by atoms with Crippen LogP contribution in [0.4, 0.5) is 11.4 Å². The Morgan fingerprint density at radius 2 is 1.77 bits per heavy atom. The Labute approximate surface area is 127 Å². The van der Waals surface area contributed by atoms with Crippen molar-refractivity contribution in [2.75, 3.05) is 5.32 Å². The Hall–Kier alpha value is -3.01. The summed E-state index contributed by atoms with van der Waals surface area (Å²) in [5.74, 6) is 0.686. The Bertz CT molecular complexity index is 930. The lowest BCUT2D eigenvalue weighted by Crippen LogP contribution is -2.07. The Kier molecular flexibility index (Phi) is 2.76. The average Bonchev–Trinajstić information content (AvgIpc) is 2.53. The summed E-state index contributed by atoms with van der Waals surface area (Å²) in [4.78, 5) is 21.1. The number of aromatic nitrogens is 2. The first-order valence-electron chi connectivity index (χ1n) is 7.08. The number of rotatable bonds is 2. The smallest absolute Gasteiger partial charge is 0.186 e. The molecule has 0 spiro atoms. The quantitative estimate of drug-likeness (QED) is 0.777. The summed E-state index contributed by atoms with van der Waals surface area (Å²) in [6.45, 7) is 1.86. The lowest BCUT2D eigenvalue weighted by molar-refractivity contribution is 0.104. The fourth-order valence-electron chi connectivity index (χ4n) is 2.73. The number of carbonyl (C=O) groups is 1. The third-order valence-corrected chi connectivity index (χ3v) is 3.70. The molecule has 2 aromatic carbocycles. The maximum Gasteiger partial charge on any atom is 0.186 e. The van der Waals surface area contributed by atoms with E-state index < -0.39 is 0 Å². The maximum absolute atomic E-state index is 12.1. The normalized spacial score (nSPS) is 12.7. The van der Waals surface area contributed by atoms with Crippen LogP contribution in [0.5, 0.6) is 0 Å². The van der Waals surface area contributed by atoms with Crippen LogP contribution in [0.1, 0.15) is 21.9 Å². The number of anilines is 2. The summed E-state index contributed by atoms with van der Waals surface area (Å²) >= 11 is 0. The van der Waals surface area contributed by atoms with Crippen LogP contribution in [0.3, 0.4) is 0 Å². The van der Waals surface area contributed by atoms with Crippen LogP contribution < -0.4 is 5.32 Å². The summed E-state index contributed by atoms with van der Waals surface area (Å²) in [6.07, 6.45) is 3.33. The number of aryl methyl sites for hydroxylation is 1. The molecule has 4 heteroatoms. The first-order chi connectivity index (χ1) is 10.7. The van der Waals surface area contributed by atoms with Crippen molar-refractivity contribution in [3.63, 3.8) is 0 Å². The molecule has 0 bridgehead atoms. The van der Waals surface area contributed by atoms with E-state index in [1.807, 2.05) is 49.4 Å². The number of benzene rings is 2. The molecule has 0 radical (unpaired) electrons. The third kappa shape index (κ3) is 1.97. The van der Waals surface area contributed by atoms with E-state index in [-0.39, 0.29) is 5.78 Å². The van der Waals surface area contributed by atoms with Gasteiger partial charge in [0.15, 0.2) is 5.78 Å². The summed E-state index contributed by atoms with van der Waals surface area (Å²) < 4.78 is 0. The topological polar surface area (TPSA) is 54.9 Å². The standard InChI is InChI=1S/C18H13N3O/c1-11-19-14-9-10-16(22)13-7-8-15(18(20-11)17(13)14)21-12-5-3-2-4-6-12/h2-10,21H,1H3. The first kappa shape index (κ1) is 12.7. The molecule has 22 heavy (non-hydrogen) atoms. The molecule has 0 unspecified atom stereocenters. The fourth-order valence-corrected chi connectivity index (χ4v) is 2.73. The molecule has 0 aliphatic heterocycles. The van der Waals surface area contributed by atoms with E-state index in [0.717, 1.165) is 28.0 Å². The van der Waals surface area contributed by atoms with E-state index in [9.17, 15) is 4.79 Å². The predicted molar refractivity (Wildman–Crippen MR) is 87.4 cm³/mol. The molecule has 1 N–H and O–H groups in total. The Morgan fingerprint density at radius 1 is 0.955 bits per heavy atom. The highest BCUT2D eigenvalue weighted by molar-refractivity contribution is 6.20. The van der Waals surface area contributed by atoms with Gasteiger partial charge in [-0.15, -0.1) is 0 Å². The van der Waals surface area contributed by atoms with Gasteiger partial charge in [-0.1, -0.05) is 18.2 Å². The van der Waals surface area contributed by atoms with Gasteiger partial charge in [0.1, 0.15) is 5.82 Å². The van der Waals surface area contributed by atoms with Gasteiger partial charge in [-0.05, 0) is 43.3 Å². The SMILES string of the molecule is Cc1nc2c3c(ccc(Nc4ccccc4)c3n1)C(=O)C=C2. The molecule has 106 valence electrons. The first-order valence-corrected chi connectivity index (χ1v) is 7.08. The van der Waals surface area contributed by atoms with Crippen LogP contribution in [-0.2, 0) is 0 Å². The van der Waals surface area contributed by atoms with Crippen LogP contribution in [0.15, 0.2) is 48.5 Å². The van der Waals surface area contributed by atoms with Crippen molar-refractivity contribution in [1.82, 2.24) is 9.97 Å². The van der Waals surface area contributed by atoms with E-state index in [1.165, 1.54) is 0 Å². The second-order valence-electron chi connectivity index (χ2n) is 5.23. The number of para-hydroxylation sites is 1. The molecule has 0 amide bonds. The molecule has 3 aromatic rings. The van der Waals surface area contributed by atoms with E-state index in [0.29, 0.717) is 11.4 Å². The minimum absolute atomic E-state index is 0.00351. The molecule has 0 fully saturated rings. The minimum Gasteiger partial charge on any atom is -0.354 e. The van der Waals surface area contributed by atoms with Crippen LogP contribution >= 0.6 is 0 Å². The summed E-state index contributed by atoms with van der Waals surface area (Å²) in [6, 6.07) is 13.6. The van der Waals surface area contributed by atoms with Gasteiger partial charge in [-0.2, -0.15) is 0 Å². The number of hydrogen-bond donors (Lipinski definition) is 1. The zero-order valence-corrected chi connectivity index (χ0v) is 12.0. The van der Waals surface area contributed by atoms with Crippen molar-refractivity contribution in [2.45, 2.75) is 6.92 Å². The van der Waals surface area contributed by atoms with E-state index in [2.05, 4.69) is 15.3 Å². The highest BCUT2D eigenvalue weighted by Crippen LogP contribution is 2.32. The minimum atomic E-state index is -0.00351. The van der Waals surface area contributed by atoms with Crippen molar-refractivity contribution in [3.05, 3.63) is 65.6 Å². The van der Waals surface area contributed by atoms with Crippen molar-refractivity contribution in [2.24, 2.45) is 0 Å². The molecule has 0 saturated heterocycles. The third-order valence-electron chi connectivity index (χ3n) is 3.70. The predicted octanol–water partition coefficient (Wildman–Crippen LogP) is 3.89. The van der Waals surface area contributed by atoms with Gasteiger partial charge in [-0.25, -0.2) is 9.97 Å². The van der Waals surface area contributed by atoms with Gasteiger partial charge in [0.05, 0.1) is 16.9 Å². The van der Waals surface area contributed by atoms with Crippen molar-refractivity contribution in [1.29, 1.82) is 0 Å². The lowest BCUT2D eigenvalue weighted by atomic mass is 9.97. The number of allylic oxidation sites excluding steroid dienone is 1. The van der Waals surface area contributed by atoms with Gasteiger partial charge in [0.2, 0.25) is 0 Å². The number of nitrogens with zero attached hydrogens (tertiary/aromatic N) is 2. The summed E-state index contributed by atoms with van der Waals surface area (Å²) in [7, 11) is 0.